The Labute approximate surface area is 87.1 Å². The van der Waals surface area contributed by atoms with Crippen molar-refractivity contribution in [1.29, 1.82) is 0 Å². The van der Waals surface area contributed by atoms with Crippen molar-refractivity contribution in [2.24, 2.45) is 7.05 Å². The Morgan fingerprint density at radius 3 is 3.00 bits per heavy atom. The summed E-state index contributed by atoms with van der Waals surface area (Å²) in [4.78, 5) is 11.8. The van der Waals surface area contributed by atoms with Crippen molar-refractivity contribution in [3.63, 3.8) is 0 Å². The lowest BCUT2D eigenvalue weighted by atomic mass is 9.98. The normalized spacial score (nSPS) is 15.5. The van der Waals surface area contributed by atoms with E-state index in [-0.39, 0.29) is 5.56 Å². The molecule has 2 heterocycles. The SMILES string of the molecule is Cn1ncn2c3c(cc2c1=O)CCCC3. The lowest BCUT2D eigenvalue weighted by Gasteiger charge is -2.11. The van der Waals surface area contributed by atoms with Crippen molar-refractivity contribution in [3.05, 3.63) is 34.0 Å². The van der Waals surface area contributed by atoms with Crippen molar-refractivity contribution in [3.8, 4) is 0 Å². The summed E-state index contributed by atoms with van der Waals surface area (Å²) in [7, 11) is 1.69. The van der Waals surface area contributed by atoms with Crippen LogP contribution in [0.3, 0.4) is 0 Å². The zero-order valence-corrected chi connectivity index (χ0v) is 8.73. The van der Waals surface area contributed by atoms with Crippen LogP contribution in [-0.2, 0) is 19.9 Å². The van der Waals surface area contributed by atoms with Gasteiger partial charge >= 0.3 is 0 Å². The number of aromatic nitrogens is 3. The van der Waals surface area contributed by atoms with Crippen LogP contribution < -0.4 is 5.56 Å². The van der Waals surface area contributed by atoms with Crippen molar-refractivity contribution in [2.45, 2.75) is 25.7 Å². The summed E-state index contributed by atoms with van der Waals surface area (Å²) in [6.07, 6.45) is 6.37. The summed E-state index contributed by atoms with van der Waals surface area (Å²) >= 11 is 0. The van der Waals surface area contributed by atoms with E-state index in [2.05, 4.69) is 5.10 Å². The van der Waals surface area contributed by atoms with E-state index in [9.17, 15) is 4.79 Å². The van der Waals surface area contributed by atoms with Gasteiger partial charge in [0.05, 0.1) is 0 Å². The first-order valence-electron chi connectivity index (χ1n) is 5.32. The van der Waals surface area contributed by atoms with Crippen molar-refractivity contribution >= 4 is 5.52 Å². The van der Waals surface area contributed by atoms with Gasteiger partial charge in [-0.05, 0) is 37.3 Å². The fourth-order valence-corrected chi connectivity index (χ4v) is 2.37. The van der Waals surface area contributed by atoms with Gasteiger partial charge in [0, 0.05) is 12.7 Å². The number of aryl methyl sites for hydroxylation is 3. The minimum Gasteiger partial charge on any atom is -0.298 e. The fourth-order valence-electron chi connectivity index (χ4n) is 2.37. The molecule has 0 amide bonds. The molecule has 0 fully saturated rings. The molecular formula is C11H13N3O. The molecule has 0 saturated carbocycles. The van der Waals surface area contributed by atoms with Crippen LogP contribution in [-0.4, -0.2) is 14.2 Å². The Hall–Kier alpha value is -1.58. The predicted octanol–water partition coefficient (Wildman–Crippen LogP) is 0.912. The van der Waals surface area contributed by atoms with Gasteiger partial charge in [0.2, 0.25) is 0 Å². The smallest absolute Gasteiger partial charge is 0.290 e. The van der Waals surface area contributed by atoms with Crippen LogP contribution >= 0.6 is 0 Å². The van der Waals surface area contributed by atoms with Crippen LogP contribution in [0.5, 0.6) is 0 Å². The average molecular weight is 203 g/mol. The van der Waals surface area contributed by atoms with Gasteiger partial charge in [-0.1, -0.05) is 0 Å². The minimum atomic E-state index is -0.00750. The number of fused-ring (bicyclic) bond motifs is 3. The number of nitrogens with zero attached hydrogens (tertiary/aromatic N) is 3. The van der Waals surface area contributed by atoms with Gasteiger partial charge < -0.3 is 0 Å². The summed E-state index contributed by atoms with van der Waals surface area (Å²) in [5.74, 6) is 0. The molecule has 4 heteroatoms. The van der Waals surface area contributed by atoms with Gasteiger partial charge in [0.25, 0.3) is 5.56 Å². The Morgan fingerprint density at radius 2 is 2.13 bits per heavy atom. The van der Waals surface area contributed by atoms with Gasteiger partial charge in [-0.15, -0.1) is 0 Å². The number of hydrogen-bond donors (Lipinski definition) is 0. The molecule has 1 aliphatic rings. The molecule has 15 heavy (non-hydrogen) atoms. The zero-order chi connectivity index (χ0) is 10.4. The highest BCUT2D eigenvalue weighted by Gasteiger charge is 2.16. The average Bonchev–Trinajstić information content (AvgIpc) is 2.63. The zero-order valence-electron chi connectivity index (χ0n) is 8.73. The highest BCUT2D eigenvalue weighted by molar-refractivity contribution is 5.52. The summed E-state index contributed by atoms with van der Waals surface area (Å²) in [5, 5.41) is 4.05. The van der Waals surface area contributed by atoms with Crippen LogP contribution in [0.1, 0.15) is 24.1 Å². The van der Waals surface area contributed by atoms with Crippen LogP contribution in [0, 0.1) is 0 Å². The molecule has 0 radical (unpaired) electrons. The van der Waals surface area contributed by atoms with Crippen LogP contribution in [0.2, 0.25) is 0 Å². The Morgan fingerprint density at radius 1 is 1.33 bits per heavy atom. The number of hydrogen-bond acceptors (Lipinski definition) is 2. The predicted molar refractivity (Wildman–Crippen MR) is 57.1 cm³/mol. The maximum atomic E-state index is 11.8. The second-order valence-electron chi connectivity index (χ2n) is 4.14. The van der Waals surface area contributed by atoms with E-state index < -0.39 is 0 Å². The third-order valence-electron chi connectivity index (χ3n) is 3.19. The van der Waals surface area contributed by atoms with Gasteiger partial charge in [0.15, 0.2) is 0 Å². The van der Waals surface area contributed by atoms with Gasteiger partial charge in [-0.2, -0.15) is 5.10 Å². The van der Waals surface area contributed by atoms with Crippen molar-refractivity contribution < 1.29 is 0 Å². The number of rotatable bonds is 0. The largest absolute Gasteiger partial charge is 0.298 e. The molecule has 1 aliphatic carbocycles. The van der Waals surface area contributed by atoms with E-state index in [1.165, 1.54) is 28.8 Å². The highest BCUT2D eigenvalue weighted by atomic mass is 16.1. The molecule has 78 valence electrons. The first-order valence-corrected chi connectivity index (χ1v) is 5.32. The van der Waals surface area contributed by atoms with Crippen LogP contribution in [0.15, 0.2) is 17.2 Å². The summed E-state index contributed by atoms with van der Waals surface area (Å²) in [6, 6.07) is 2.03. The van der Waals surface area contributed by atoms with E-state index >= 15 is 0 Å². The molecule has 2 aromatic rings. The lowest BCUT2D eigenvalue weighted by molar-refractivity contribution is 0.650. The Kier molecular flexibility index (Phi) is 1.71. The van der Waals surface area contributed by atoms with Crippen LogP contribution in [0.25, 0.3) is 5.52 Å². The maximum Gasteiger partial charge on any atom is 0.290 e. The van der Waals surface area contributed by atoms with Gasteiger partial charge in [-0.25, -0.2) is 4.68 Å². The molecule has 0 aliphatic heterocycles. The molecule has 2 aromatic heterocycles. The molecule has 3 rings (SSSR count). The molecule has 0 bridgehead atoms. The highest BCUT2D eigenvalue weighted by Crippen LogP contribution is 2.23. The van der Waals surface area contributed by atoms with E-state index in [0.717, 1.165) is 18.4 Å². The molecule has 0 spiro atoms. The van der Waals surface area contributed by atoms with E-state index in [1.54, 1.807) is 13.4 Å². The molecule has 4 nitrogen and oxygen atoms in total. The monoisotopic (exact) mass is 203 g/mol. The second-order valence-corrected chi connectivity index (χ2v) is 4.14. The molecule has 0 aromatic carbocycles. The molecule has 0 unspecified atom stereocenters. The van der Waals surface area contributed by atoms with E-state index in [4.69, 9.17) is 0 Å². The molecular weight excluding hydrogens is 190 g/mol. The maximum absolute atomic E-state index is 11.8. The first-order chi connectivity index (χ1) is 7.27. The van der Waals surface area contributed by atoms with E-state index in [1.807, 2.05) is 10.5 Å². The topological polar surface area (TPSA) is 39.3 Å². The van der Waals surface area contributed by atoms with Gasteiger partial charge in [0.1, 0.15) is 11.8 Å². The summed E-state index contributed by atoms with van der Waals surface area (Å²) in [5.41, 5.74) is 3.36. The quantitative estimate of drug-likeness (QED) is 0.638. The fraction of sp³-hybridized carbons (Fsp3) is 0.455. The Bertz CT molecular complexity index is 579. The molecule has 0 atom stereocenters. The van der Waals surface area contributed by atoms with Crippen molar-refractivity contribution in [2.75, 3.05) is 0 Å². The van der Waals surface area contributed by atoms with Crippen molar-refractivity contribution in [1.82, 2.24) is 14.2 Å². The molecule has 0 N–H and O–H groups in total. The summed E-state index contributed by atoms with van der Waals surface area (Å²) < 4.78 is 3.34. The van der Waals surface area contributed by atoms with E-state index in [0.29, 0.717) is 0 Å². The standard InChI is InChI=1S/C11H13N3O/c1-13-11(15)10-6-8-4-2-3-5-9(8)14(10)7-12-13/h6-7H,2-5H2,1H3. The lowest BCUT2D eigenvalue weighted by Crippen LogP contribution is -2.21. The van der Waals surface area contributed by atoms with Gasteiger partial charge in [-0.3, -0.25) is 9.20 Å². The first kappa shape index (κ1) is 8.71. The minimum absolute atomic E-state index is 0.00750. The third kappa shape index (κ3) is 1.14. The Balaban J connectivity index is 2.41. The third-order valence-corrected chi connectivity index (χ3v) is 3.19. The molecule has 0 saturated heterocycles. The second kappa shape index (κ2) is 2.95. The van der Waals surface area contributed by atoms with Crippen LogP contribution in [0.4, 0.5) is 0 Å². The summed E-state index contributed by atoms with van der Waals surface area (Å²) in [6.45, 7) is 0.